The van der Waals surface area contributed by atoms with Gasteiger partial charge in [-0.1, -0.05) is 31.2 Å². The molecule has 1 heterocycles. The molecule has 0 bridgehead atoms. The molecule has 1 fully saturated rings. The molecule has 2 unspecified atom stereocenters. The molecule has 2 rings (SSSR count). The first-order valence-electron chi connectivity index (χ1n) is 8.53. The van der Waals surface area contributed by atoms with E-state index in [0.29, 0.717) is 19.1 Å². The van der Waals surface area contributed by atoms with Gasteiger partial charge < -0.3 is 15.7 Å². The van der Waals surface area contributed by atoms with E-state index in [0.717, 1.165) is 30.1 Å². The zero-order valence-electron chi connectivity index (χ0n) is 14.2. The highest BCUT2D eigenvalue weighted by Crippen LogP contribution is 2.17. The minimum absolute atomic E-state index is 0.0103. The smallest absolute Gasteiger partial charge is 0.315 e. The third-order valence-electron chi connectivity index (χ3n) is 4.60. The number of benzene rings is 1. The molecule has 2 amide bonds. The SMILES string of the molecule is CC1CCCN(C(C)CNC(=O)NCc2ccccc2CO)C1. The molecule has 5 nitrogen and oxygen atoms in total. The lowest BCUT2D eigenvalue weighted by atomic mass is 9.99. The van der Waals surface area contributed by atoms with Crippen molar-refractivity contribution in [2.24, 2.45) is 5.92 Å². The lowest BCUT2D eigenvalue weighted by Gasteiger charge is -2.35. The Morgan fingerprint density at radius 2 is 2.09 bits per heavy atom. The average molecular weight is 319 g/mol. The van der Waals surface area contributed by atoms with Crippen LogP contribution in [0.4, 0.5) is 4.79 Å². The Morgan fingerprint density at radius 3 is 2.78 bits per heavy atom. The van der Waals surface area contributed by atoms with E-state index in [-0.39, 0.29) is 12.6 Å². The van der Waals surface area contributed by atoms with E-state index >= 15 is 0 Å². The van der Waals surface area contributed by atoms with E-state index in [1.54, 1.807) is 0 Å². The molecule has 0 saturated carbocycles. The summed E-state index contributed by atoms with van der Waals surface area (Å²) < 4.78 is 0. The van der Waals surface area contributed by atoms with Gasteiger partial charge in [-0.25, -0.2) is 4.79 Å². The van der Waals surface area contributed by atoms with E-state index in [2.05, 4.69) is 29.4 Å². The Labute approximate surface area is 139 Å². The highest BCUT2D eigenvalue weighted by atomic mass is 16.3. The van der Waals surface area contributed by atoms with E-state index in [9.17, 15) is 9.90 Å². The van der Waals surface area contributed by atoms with Crippen LogP contribution in [-0.2, 0) is 13.2 Å². The van der Waals surface area contributed by atoms with Gasteiger partial charge in [-0.2, -0.15) is 0 Å². The highest BCUT2D eigenvalue weighted by Gasteiger charge is 2.21. The number of carbonyl (C=O) groups excluding carboxylic acids is 1. The van der Waals surface area contributed by atoms with Crippen molar-refractivity contribution in [1.82, 2.24) is 15.5 Å². The first-order chi connectivity index (χ1) is 11.1. The fourth-order valence-corrected chi connectivity index (χ4v) is 3.12. The number of piperidine rings is 1. The predicted octanol–water partition coefficient (Wildman–Crippen LogP) is 2.10. The maximum absolute atomic E-state index is 12.0. The van der Waals surface area contributed by atoms with Gasteiger partial charge in [0.15, 0.2) is 0 Å². The maximum atomic E-state index is 12.0. The third kappa shape index (κ3) is 5.52. The summed E-state index contributed by atoms with van der Waals surface area (Å²) in [5.74, 6) is 0.745. The number of nitrogens with one attached hydrogen (secondary N) is 2. The molecule has 1 aliphatic heterocycles. The third-order valence-corrected chi connectivity index (χ3v) is 4.60. The molecule has 3 N–H and O–H groups in total. The van der Waals surface area contributed by atoms with Gasteiger partial charge in [0.2, 0.25) is 0 Å². The molecule has 5 heteroatoms. The normalized spacial score (nSPS) is 20.0. The largest absolute Gasteiger partial charge is 0.392 e. The molecule has 0 spiro atoms. The molecule has 0 aliphatic carbocycles. The van der Waals surface area contributed by atoms with Crippen molar-refractivity contribution in [2.45, 2.75) is 45.9 Å². The van der Waals surface area contributed by atoms with Crippen molar-refractivity contribution in [3.8, 4) is 0 Å². The van der Waals surface area contributed by atoms with Crippen molar-refractivity contribution in [3.05, 3.63) is 35.4 Å². The molecule has 1 saturated heterocycles. The Bertz CT molecular complexity index is 507. The Balaban J connectivity index is 1.72. The fourth-order valence-electron chi connectivity index (χ4n) is 3.12. The summed E-state index contributed by atoms with van der Waals surface area (Å²) >= 11 is 0. The molecular weight excluding hydrogens is 290 g/mol. The van der Waals surface area contributed by atoms with Gasteiger partial charge in [-0.15, -0.1) is 0 Å². The van der Waals surface area contributed by atoms with Gasteiger partial charge in [0.1, 0.15) is 0 Å². The number of rotatable bonds is 6. The van der Waals surface area contributed by atoms with Crippen molar-refractivity contribution >= 4 is 6.03 Å². The Kier molecular flexibility index (Phi) is 6.86. The Morgan fingerprint density at radius 1 is 1.35 bits per heavy atom. The van der Waals surface area contributed by atoms with Crippen LogP contribution >= 0.6 is 0 Å². The number of aliphatic hydroxyl groups excluding tert-OH is 1. The van der Waals surface area contributed by atoms with Crippen molar-refractivity contribution in [3.63, 3.8) is 0 Å². The minimum atomic E-state index is -0.158. The number of amides is 2. The molecular formula is C18H29N3O2. The number of aliphatic hydroxyl groups is 1. The van der Waals surface area contributed by atoms with Crippen LogP contribution in [0.1, 0.15) is 37.8 Å². The summed E-state index contributed by atoms with van der Waals surface area (Å²) in [6.45, 7) is 7.77. The van der Waals surface area contributed by atoms with Gasteiger partial charge in [0, 0.05) is 25.7 Å². The molecule has 128 valence electrons. The monoisotopic (exact) mass is 319 g/mol. The Hall–Kier alpha value is -1.59. The van der Waals surface area contributed by atoms with Crippen LogP contribution in [0.5, 0.6) is 0 Å². The standard InChI is InChI=1S/C18H29N3O2/c1-14-6-5-9-21(12-14)15(2)10-19-18(23)20-11-16-7-3-4-8-17(16)13-22/h3-4,7-8,14-15,22H,5-6,9-13H2,1-2H3,(H2,19,20,23). The summed E-state index contributed by atoms with van der Waals surface area (Å²) in [6.07, 6.45) is 2.55. The van der Waals surface area contributed by atoms with E-state index in [1.807, 2.05) is 24.3 Å². The van der Waals surface area contributed by atoms with Gasteiger partial charge in [-0.05, 0) is 43.4 Å². The lowest BCUT2D eigenvalue weighted by Crippen LogP contribution is -2.48. The van der Waals surface area contributed by atoms with Crippen LogP contribution in [0.2, 0.25) is 0 Å². The number of urea groups is 1. The molecule has 0 aromatic heterocycles. The zero-order valence-corrected chi connectivity index (χ0v) is 14.2. The topological polar surface area (TPSA) is 64.6 Å². The van der Waals surface area contributed by atoms with Crippen LogP contribution in [0.3, 0.4) is 0 Å². The summed E-state index contributed by atoms with van der Waals surface area (Å²) in [6, 6.07) is 7.78. The number of hydrogen-bond acceptors (Lipinski definition) is 3. The van der Waals surface area contributed by atoms with Crippen LogP contribution in [0.25, 0.3) is 0 Å². The maximum Gasteiger partial charge on any atom is 0.315 e. The van der Waals surface area contributed by atoms with Crippen molar-refractivity contribution in [2.75, 3.05) is 19.6 Å². The number of carbonyl (C=O) groups is 1. The van der Waals surface area contributed by atoms with Gasteiger partial charge in [-0.3, -0.25) is 4.90 Å². The summed E-state index contributed by atoms with van der Waals surface area (Å²) in [5.41, 5.74) is 1.80. The number of hydrogen-bond donors (Lipinski definition) is 3. The zero-order chi connectivity index (χ0) is 16.7. The van der Waals surface area contributed by atoms with Crippen LogP contribution < -0.4 is 10.6 Å². The van der Waals surface area contributed by atoms with E-state index in [4.69, 9.17) is 0 Å². The highest BCUT2D eigenvalue weighted by molar-refractivity contribution is 5.73. The quantitative estimate of drug-likeness (QED) is 0.752. The molecule has 2 atom stereocenters. The van der Waals surface area contributed by atoms with Gasteiger partial charge in [0.05, 0.1) is 6.61 Å². The molecule has 0 radical (unpaired) electrons. The molecule has 1 aromatic rings. The first-order valence-corrected chi connectivity index (χ1v) is 8.53. The fraction of sp³-hybridized carbons (Fsp3) is 0.611. The molecule has 1 aliphatic rings. The summed E-state index contributed by atoms with van der Waals surface area (Å²) in [4.78, 5) is 14.4. The van der Waals surface area contributed by atoms with E-state index < -0.39 is 0 Å². The van der Waals surface area contributed by atoms with Gasteiger partial charge in [0.25, 0.3) is 0 Å². The molecule has 23 heavy (non-hydrogen) atoms. The van der Waals surface area contributed by atoms with Crippen LogP contribution in [-0.4, -0.2) is 41.7 Å². The lowest BCUT2D eigenvalue weighted by molar-refractivity contribution is 0.137. The predicted molar refractivity (Wildman–Crippen MR) is 92.0 cm³/mol. The van der Waals surface area contributed by atoms with Crippen LogP contribution in [0.15, 0.2) is 24.3 Å². The van der Waals surface area contributed by atoms with Crippen molar-refractivity contribution < 1.29 is 9.90 Å². The molecule has 1 aromatic carbocycles. The number of likely N-dealkylation sites (tertiary alicyclic amines) is 1. The second-order valence-electron chi connectivity index (χ2n) is 6.58. The first kappa shape index (κ1) is 17.8. The van der Waals surface area contributed by atoms with Gasteiger partial charge >= 0.3 is 6.03 Å². The van der Waals surface area contributed by atoms with Crippen molar-refractivity contribution in [1.29, 1.82) is 0 Å². The average Bonchev–Trinajstić information content (AvgIpc) is 2.58. The second kappa shape index (κ2) is 8.89. The van der Waals surface area contributed by atoms with E-state index in [1.165, 1.54) is 12.8 Å². The number of nitrogens with zero attached hydrogens (tertiary/aromatic N) is 1. The summed E-state index contributed by atoms with van der Waals surface area (Å²) in [5, 5.41) is 15.1. The second-order valence-corrected chi connectivity index (χ2v) is 6.58. The minimum Gasteiger partial charge on any atom is -0.392 e. The van der Waals surface area contributed by atoms with Crippen LogP contribution in [0, 0.1) is 5.92 Å². The summed E-state index contributed by atoms with van der Waals surface area (Å²) in [7, 11) is 0.